The number of benzene rings is 1. The number of anilines is 2. The molecule has 0 saturated carbocycles. The van der Waals surface area contributed by atoms with Gasteiger partial charge in [0.2, 0.25) is 5.95 Å². The van der Waals surface area contributed by atoms with E-state index in [2.05, 4.69) is 20.6 Å². The first kappa shape index (κ1) is 20.6. The normalized spacial score (nSPS) is 17.1. The maximum absolute atomic E-state index is 13.6. The largest absolute Gasteiger partial charge is 0.493 e. The Labute approximate surface area is 177 Å². The number of carbonyl (C=O) groups excluding carboxylic acids is 1. The predicted molar refractivity (Wildman–Crippen MR) is 115 cm³/mol. The van der Waals surface area contributed by atoms with Gasteiger partial charge in [0.25, 0.3) is 5.91 Å². The SMILES string of the molecule is COCC(C)Nc1nccc(N(C(=O)c2ccc3c(c2)CCO3)C2CCNCC2)n1. The van der Waals surface area contributed by atoms with Gasteiger partial charge in [-0.05, 0) is 62.7 Å². The lowest BCUT2D eigenvalue weighted by atomic mass is 10.0. The van der Waals surface area contributed by atoms with Crippen LogP contribution in [0.1, 0.15) is 35.7 Å². The van der Waals surface area contributed by atoms with E-state index in [1.165, 1.54) is 0 Å². The number of aromatic nitrogens is 2. The molecule has 8 heteroatoms. The third-order valence-electron chi connectivity index (χ3n) is 5.51. The molecule has 8 nitrogen and oxygen atoms in total. The van der Waals surface area contributed by atoms with Crippen molar-refractivity contribution < 1.29 is 14.3 Å². The van der Waals surface area contributed by atoms with E-state index in [1.54, 1.807) is 13.3 Å². The molecule has 1 atom stereocenters. The third kappa shape index (κ3) is 4.55. The van der Waals surface area contributed by atoms with Gasteiger partial charge in [-0.25, -0.2) is 4.98 Å². The van der Waals surface area contributed by atoms with Crippen LogP contribution < -0.4 is 20.3 Å². The second-order valence-electron chi connectivity index (χ2n) is 7.82. The molecule has 2 N–H and O–H groups in total. The molecule has 1 aromatic heterocycles. The number of rotatable bonds is 7. The molecular weight excluding hydrogens is 382 g/mol. The molecule has 0 aliphatic carbocycles. The highest BCUT2D eigenvalue weighted by molar-refractivity contribution is 6.06. The van der Waals surface area contributed by atoms with Gasteiger partial charge in [-0.2, -0.15) is 4.98 Å². The molecule has 2 aromatic rings. The molecule has 1 saturated heterocycles. The molecule has 0 radical (unpaired) electrons. The van der Waals surface area contributed by atoms with Crippen molar-refractivity contribution in [3.8, 4) is 5.75 Å². The van der Waals surface area contributed by atoms with Crippen LogP contribution in [0.4, 0.5) is 11.8 Å². The summed E-state index contributed by atoms with van der Waals surface area (Å²) in [7, 11) is 1.66. The molecule has 3 heterocycles. The van der Waals surface area contributed by atoms with E-state index in [9.17, 15) is 4.79 Å². The van der Waals surface area contributed by atoms with Crippen molar-refractivity contribution >= 4 is 17.7 Å². The molecule has 0 bridgehead atoms. The molecule has 2 aliphatic rings. The first-order valence-electron chi connectivity index (χ1n) is 10.5. The summed E-state index contributed by atoms with van der Waals surface area (Å²) < 4.78 is 10.8. The number of methoxy groups -OCH3 is 1. The highest BCUT2D eigenvalue weighted by Gasteiger charge is 2.30. The Kier molecular flexibility index (Phi) is 6.44. The van der Waals surface area contributed by atoms with Gasteiger partial charge in [0.15, 0.2) is 0 Å². The molecule has 160 valence electrons. The lowest BCUT2D eigenvalue weighted by Crippen LogP contribution is -2.47. The van der Waals surface area contributed by atoms with Crippen LogP contribution in [0.3, 0.4) is 0 Å². The third-order valence-corrected chi connectivity index (χ3v) is 5.51. The molecule has 0 spiro atoms. The summed E-state index contributed by atoms with van der Waals surface area (Å²) in [5, 5.41) is 6.61. The molecule has 2 aliphatic heterocycles. The zero-order valence-electron chi connectivity index (χ0n) is 17.6. The van der Waals surface area contributed by atoms with Crippen LogP contribution in [0.15, 0.2) is 30.5 Å². The number of nitrogens with zero attached hydrogens (tertiary/aromatic N) is 3. The Bertz CT molecular complexity index is 885. The summed E-state index contributed by atoms with van der Waals surface area (Å²) in [4.78, 5) is 24.5. The van der Waals surface area contributed by atoms with Gasteiger partial charge < -0.3 is 20.1 Å². The van der Waals surface area contributed by atoms with Crippen molar-refractivity contribution in [2.45, 2.75) is 38.3 Å². The Morgan fingerprint density at radius 2 is 2.20 bits per heavy atom. The van der Waals surface area contributed by atoms with Crippen molar-refractivity contribution in [2.75, 3.05) is 43.6 Å². The van der Waals surface area contributed by atoms with Crippen LogP contribution in [-0.4, -0.2) is 61.4 Å². The van der Waals surface area contributed by atoms with Gasteiger partial charge in [-0.3, -0.25) is 9.69 Å². The van der Waals surface area contributed by atoms with Crippen LogP contribution in [0.5, 0.6) is 5.75 Å². The first-order valence-corrected chi connectivity index (χ1v) is 10.5. The summed E-state index contributed by atoms with van der Waals surface area (Å²) in [6.07, 6.45) is 4.30. The summed E-state index contributed by atoms with van der Waals surface area (Å²) >= 11 is 0. The number of fused-ring (bicyclic) bond motifs is 1. The summed E-state index contributed by atoms with van der Waals surface area (Å²) in [6, 6.07) is 7.66. The summed E-state index contributed by atoms with van der Waals surface area (Å²) in [5.74, 6) is 1.95. The highest BCUT2D eigenvalue weighted by atomic mass is 16.5. The number of hydrogen-bond acceptors (Lipinski definition) is 7. The fourth-order valence-corrected chi connectivity index (χ4v) is 4.05. The Balaban J connectivity index is 1.64. The maximum Gasteiger partial charge on any atom is 0.259 e. The van der Waals surface area contributed by atoms with E-state index < -0.39 is 0 Å². The molecule has 4 rings (SSSR count). The fourth-order valence-electron chi connectivity index (χ4n) is 4.05. The zero-order chi connectivity index (χ0) is 20.9. The van der Waals surface area contributed by atoms with Gasteiger partial charge in [0.1, 0.15) is 11.6 Å². The van der Waals surface area contributed by atoms with Crippen molar-refractivity contribution in [1.82, 2.24) is 15.3 Å². The Hall–Kier alpha value is -2.71. The maximum atomic E-state index is 13.6. The lowest BCUT2D eigenvalue weighted by molar-refractivity contribution is 0.0970. The van der Waals surface area contributed by atoms with Gasteiger partial charge in [0, 0.05) is 37.4 Å². The van der Waals surface area contributed by atoms with Crippen molar-refractivity contribution in [3.05, 3.63) is 41.6 Å². The second kappa shape index (κ2) is 9.40. The first-order chi connectivity index (χ1) is 14.7. The number of piperidine rings is 1. The quantitative estimate of drug-likeness (QED) is 0.722. The van der Waals surface area contributed by atoms with Gasteiger partial charge in [-0.1, -0.05) is 0 Å². The number of ether oxygens (including phenoxy) is 2. The predicted octanol–water partition coefficient (Wildman–Crippen LogP) is 2.26. The Morgan fingerprint density at radius 3 is 3.00 bits per heavy atom. The van der Waals surface area contributed by atoms with Crippen LogP contribution in [0, 0.1) is 0 Å². The minimum absolute atomic E-state index is 0.0359. The number of amides is 1. The van der Waals surface area contributed by atoms with E-state index in [0.717, 1.165) is 43.7 Å². The number of carbonyl (C=O) groups is 1. The average Bonchev–Trinajstić information content (AvgIpc) is 3.23. The fraction of sp³-hybridized carbons (Fsp3) is 0.500. The minimum atomic E-state index is -0.0359. The van der Waals surface area contributed by atoms with E-state index in [4.69, 9.17) is 9.47 Å². The summed E-state index contributed by atoms with van der Waals surface area (Å²) in [6.45, 7) is 4.98. The zero-order valence-corrected chi connectivity index (χ0v) is 17.6. The van der Waals surface area contributed by atoms with E-state index in [1.807, 2.05) is 36.1 Å². The highest BCUT2D eigenvalue weighted by Crippen LogP contribution is 2.29. The van der Waals surface area contributed by atoms with Gasteiger partial charge in [0.05, 0.1) is 13.2 Å². The lowest BCUT2D eigenvalue weighted by Gasteiger charge is -2.34. The van der Waals surface area contributed by atoms with E-state index >= 15 is 0 Å². The van der Waals surface area contributed by atoms with Crippen molar-refractivity contribution in [3.63, 3.8) is 0 Å². The van der Waals surface area contributed by atoms with Gasteiger partial charge in [-0.15, -0.1) is 0 Å². The number of nitrogens with one attached hydrogen (secondary N) is 2. The topological polar surface area (TPSA) is 88.6 Å². The Morgan fingerprint density at radius 1 is 1.37 bits per heavy atom. The smallest absolute Gasteiger partial charge is 0.259 e. The van der Waals surface area contributed by atoms with Gasteiger partial charge >= 0.3 is 0 Å². The van der Waals surface area contributed by atoms with E-state index in [0.29, 0.717) is 30.5 Å². The standard InChI is InChI=1S/C22H29N5O3/c1-15(14-29-2)25-22-24-11-7-20(26-22)27(18-5-9-23-10-6-18)21(28)17-3-4-19-16(13-17)8-12-30-19/h3-4,7,11,13,15,18,23H,5-6,8-10,12,14H2,1-2H3,(H,24,25,26). The minimum Gasteiger partial charge on any atom is -0.493 e. The van der Waals surface area contributed by atoms with Crippen LogP contribution in [0.25, 0.3) is 0 Å². The monoisotopic (exact) mass is 411 g/mol. The molecule has 1 unspecified atom stereocenters. The van der Waals surface area contributed by atoms with Crippen LogP contribution >= 0.6 is 0 Å². The molecule has 1 fully saturated rings. The molecule has 30 heavy (non-hydrogen) atoms. The molecule has 1 amide bonds. The summed E-state index contributed by atoms with van der Waals surface area (Å²) in [5.41, 5.74) is 1.75. The van der Waals surface area contributed by atoms with Crippen molar-refractivity contribution in [1.29, 1.82) is 0 Å². The average molecular weight is 412 g/mol. The van der Waals surface area contributed by atoms with Crippen molar-refractivity contribution in [2.24, 2.45) is 0 Å². The second-order valence-corrected chi connectivity index (χ2v) is 7.82. The van der Waals surface area contributed by atoms with E-state index in [-0.39, 0.29) is 18.0 Å². The van der Waals surface area contributed by atoms with Crippen LogP contribution in [-0.2, 0) is 11.2 Å². The van der Waals surface area contributed by atoms with Crippen LogP contribution in [0.2, 0.25) is 0 Å². The number of hydrogen-bond donors (Lipinski definition) is 2. The molecule has 1 aromatic carbocycles. The molecular formula is C22H29N5O3.